The van der Waals surface area contributed by atoms with Crippen LogP contribution in [-0.4, -0.2) is 48.8 Å². The van der Waals surface area contributed by atoms with E-state index >= 15 is 0 Å². The lowest BCUT2D eigenvalue weighted by Crippen LogP contribution is -2.47. The maximum absolute atomic E-state index is 13.0. The summed E-state index contributed by atoms with van der Waals surface area (Å²) < 4.78 is 27.5. The molecule has 26 heavy (non-hydrogen) atoms. The minimum absolute atomic E-state index is 0.179. The van der Waals surface area contributed by atoms with Crippen molar-refractivity contribution in [2.24, 2.45) is 0 Å². The van der Waals surface area contributed by atoms with Gasteiger partial charge in [-0.25, -0.2) is 8.42 Å². The lowest BCUT2D eigenvalue weighted by Gasteiger charge is -2.27. The number of rotatable bonds is 4. The van der Waals surface area contributed by atoms with Gasteiger partial charge in [0.05, 0.1) is 11.0 Å². The molecule has 0 aromatic heterocycles. The van der Waals surface area contributed by atoms with E-state index in [1.807, 2.05) is 0 Å². The van der Waals surface area contributed by atoms with Crippen LogP contribution in [0.5, 0.6) is 0 Å². The predicted molar refractivity (Wildman–Crippen MR) is 102 cm³/mol. The van der Waals surface area contributed by atoms with Gasteiger partial charge in [0.2, 0.25) is 10.0 Å². The second-order valence-electron chi connectivity index (χ2n) is 6.90. The highest BCUT2D eigenvalue weighted by Crippen LogP contribution is 2.28. The standard InChI is InChI=1S/C18H23N3O3S2/c1-14-5-6-15(17(22)20-18(12-19)7-10-25-13-18)11-16(14)26(23,24)21-8-3-2-4-9-21/h5-6,11H,2-4,7-10,13H2,1H3,(H,20,22)/t18-/m1/s1. The van der Waals surface area contributed by atoms with E-state index < -0.39 is 21.5 Å². The molecule has 8 heteroatoms. The highest BCUT2D eigenvalue weighted by atomic mass is 32.2. The van der Waals surface area contributed by atoms with Gasteiger partial charge >= 0.3 is 0 Å². The van der Waals surface area contributed by atoms with Gasteiger partial charge in [0.25, 0.3) is 5.91 Å². The second-order valence-corrected chi connectivity index (χ2v) is 9.91. The van der Waals surface area contributed by atoms with Crippen LogP contribution < -0.4 is 5.32 Å². The van der Waals surface area contributed by atoms with Crippen molar-refractivity contribution in [3.05, 3.63) is 29.3 Å². The van der Waals surface area contributed by atoms with Crippen LogP contribution in [0, 0.1) is 18.3 Å². The van der Waals surface area contributed by atoms with Gasteiger partial charge in [0.1, 0.15) is 5.54 Å². The number of nitrogens with one attached hydrogen (secondary N) is 1. The van der Waals surface area contributed by atoms with Crippen LogP contribution in [0.25, 0.3) is 0 Å². The van der Waals surface area contributed by atoms with Crippen LogP contribution in [0.1, 0.15) is 41.6 Å². The molecule has 0 saturated carbocycles. The van der Waals surface area contributed by atoms with E-state index in [0.717, 1.165) is 25.0 Å². The fourth-order valence-corrected chi connectivity index (χ4v) is 6.37. The van der Waals surface area contributed by atoms with Crippen LogP contribution in [-0.2, 0) is 10.0 Å². The molecule has 2 aliphatic rings. The van der Waals surface area contributed by atoms with Gasteiger partial charge < -0.3 is 5.32 Å². The normalized spacial score (nSPS) is 24.2. The number of carbonyl (C=O) groups excluding carboxylic acids is 1. The molecule has 6 nitrogen and oxygen atoms in total. The lowest BCUT2D eigenvalue weighted by atomic mass is 10.0. The molecule has 3 rings (SSSR count). The van der Waals surface area contributed by atoms with Crippen molar-refractivity contribution in [3.8, 4) is 6.07 Å². The third-order valence-corrected chi connectivity index (χ3v) is 8.20. The molecule has 2 saturated heterocycles. The summed E-state index contributed by atoms with van der Waals surface area (Å²) in [5.74, 6) is 0.986. The molecule has 0 spiro atoms. The van der Waals surface area contributed by atoms with Gasteiger partial charge in [-0.2, -0.15) is 21.3 Å². The summed E-state index contributed by atoms with van der Waals surface area (Å²) >= 11 is 1.63. The van der Waals surface area contributed by atoms with Gasteiger partial charge in [0.15, 0.2) is 0 Å². The molecule has 1 aromatic carbocycles. The van der Waals surface area contributed by atoms with Gasteiger partial charge in [0, 0.05) is 24.4 Å². The van der Waals surface area contributed by atoms with E-state index in [1.54, 1.807) is 30.8 Å². The zero-order valence-electron chi connectivity index (χ0n) is 14.8. The maximum atomic E-state index is 13.0. The number of amides is 1. The molecule has 1 N–H and O–H groups in total. The Morgan fingerprint density at radius 2 is 2.04 bits per heavy atom. The number of aryl methyl sites for hydroxylation is 1. The molecular formula is C18H23N3O3S2. The zero-order chi connectivity index (χ0) is 18.8. The number of thioether (sulfide) groups is 1. The largest absolute Gasteiger partial charge is 0.333 e. The Kier molecular flexibility index (Phi) is 5.61. The van der Waals surface area contributed by atoms with E-state index in [0.29, 0.717) is 30.8 Å². The molecule has 2 aliphatic heterocycles. The molecule has 0 radical (unpaired) electrons. The summed E-state index contributed by atoms with van der Waals surface area (Å²) in [4.78, 5) is 12.8. The number of nitrogens with zero attached hydrogens (tertiary/aromatic N) is 2. The molecule has 0 aliphatic carbocycles. The van der Waals surface area contributed by atoms with Crippen LogP contribution in [0.4, 0.5) is 0 Å². The van der Waals surface area contributed by atoms with Crippen molar-refractivity contribution in [1.82, 2.24) is 9.62 Å². The highest BCUT2D eigenvalue weighted by Gasteiger charge is 2.36. The number of nitriles is 1. The molecule has 2 heterocycles. The number of sulfonamides is 1. The Morgan fingerprint density at radius 3 is 2.65 bits per heavy atom. The molecule has 0 unspecified atom stereocenters. The van der Waals surface area contributed by atoms with Crippen molar-refractivity contribution in [2.45, 2.75) is 43.0 Å². The Balaban J connectivity index is 1.88. The quantitative estimate of drug-likeness (QED) is 0.848. The number of carbonyl (C=O) groups is 1. The SMILES string of the molecule is Cc1ccc(C(=O)N[C@@]2(C#N)CCSC2)cc1S(=O)(=O)N1CCCCC1. The first kappa shape index (κ1) is 19.2. The van der Waals surface area contributed by atoms with Gasteiger partial charge in [-0.1, -0.05) is 12.5 Å². The molecule has 1 aromatic rings. The summed E-state index contributed by atoms with van der Waals surface area (Å²) in [6.07, 6.45) is 3.37. The molecule has 1 atom stereocenters. The Hall–Kier alpha value is -1.56. The first-order valence-electron chi connectivity index (χ1n) is 8.80. The Labute approximate surface area is 159 Å². The summed E-state index contributed by atoms with van der Waals surface area (Å²) in [6, 6.07) is 6.93. The molecular weight excluding hydrogens is 370 g/mol. The van der Waals surface area contributed by atoms with E-state index in [1.165, 1.54) is 10.4 Å². The van der Waals surface area contributed by atoms with E-state index in [4.69, 9.17) is 0 Å². The highest BCUT2D eigenvalue weighted by molar-refractivity contribution is 7.99. The van der Waals surface area contributed by atoms with Crippen molar-refractivity contribution >= 4 is 27.7 Å². The maximum Gasteiger partial charge on any atom is 0.252 e. The van der Waals surface area contributed by atoms with Gasteiger partial charge in [-0.3, -0.25) is 4.79 Å². The van der Waals surface area contributed by atoms with Gasteiger partial charge in [-0.15, -0.1) is 0 Å². The number of piperidine rings is 1. The summed E-state index contributed by atoms with van der Waals surface area (Å²) in [5, 5.41) is 12.2. The minimum Gasteiger partial charge on any atom is -0.333 e. The Bertz CT molecular complexity index is 834. The fraction of sp³-hybridized carbons (Fsp3) is 0.556. The summed E-state index contributed by atoms with van der Waals surface area (Å²) in [7, 11) is -3.61. The first-order valence-corrected chi connectivity index (χ1v) is 11.4. The van der Waals surface area contributed by atoms with E-state index in [-0.39, 0.29) is 10.5 Å². The number of benzene rings is 1. The van der Waals surface area contributed by atoms with Crippen molar-refractivity contribution in [3.63, 3.8) is 0 Å². The molecule has 0 bridgehead atoms. The lowest BCUT2D eigenvalue weighted by molar-refractivity contribution is 0.0926. The first-order chi connectivity index (χ1) is 12.4. The van der Waals surface area contributed by atoms with Gasteiger partial charge in [-0.05, 0) is 49.6 Å². The fourth-order valence-electron chi connectivity index (χ4n) is 3.33. The minimum atomic E-state index is -3.61. The van der Waals surface area contributed by atoms with Crippen LogP contribution in [0.3, 0.4) is 0 Å². The average molecular weight is 394 g/mol. The van der Waals surface area contributed by atoms with E-state index in [2.05, 4.69) is 11.4 Å². The van der Waals surface area contributed by atoms with E-state index in [9.17, 15) is 18.5 Å². The zero-order valence-corrected chi connectivity index (χ0v) is 16.5. The molecule has 2 fully saturated rings. The van der Waals surface area contributed by atoms with Crippen LogP contribution in [0.15, 0.2) is 23.1 Å². The predicted octanol–water partition coefficient (Wildman–Crippen LogP) is 2.30. The van der Waals surface area contributed by atoms with Crippen LogP contribution >= 0.6 is 11.8 Å². The molecule has 140 valence electrons. The summed E-state index contributed by atoms with van der Waals surface area (Å²) in [5.41, 5.74) is 0.0368. The average Bonchev–Trinajstić information content (AvgIpc) is 3.11. The Morgan fingerprint density at radius 1 is 1.31 bits per heavy atom. The second kappa shape index (κ2) is 7.59. The van der Waals surface area contributed by atoms with Crippen LogP contribution in [0.2, 0.25) is 0 Å². The monoisotopic (exact) mass is 393 g/mol. The third kappa shape index (κ3) is 3.75. The number of hydrogen-bond acceptors (Lipinski definition) is 5. The van der Waals surface area contributed by atoms with Crippen molar-refractivity contribution < 1.29 is 13.2 Å². The van der Waals surface area contributed by atoms with Crippen molar-refractivity contribution in [2.75, 3.05) is 24.6 Å². The smallest absolute Gasteiger partial charge is 0.252 e. The topological polar surface area (TPSA) is 90.3 Å². The molecule has 1 amide bonds. The van der Waals surface area contributed by atoms with Crippen molar-refractivity contribution in [1.29, 1.82) is 5.26 Å². The third-order valence-electron chi connectivity index (χ3n) is 4.97. The summed E-state index contributed by atoms with van der Waals surface area (Å²) in [6.45, 7) is 2.78. The number of hydrogen-bond donors (Lipinski definition) is 1.